The van der Waals surface area contributed by atoms with Gasteiger partial charge in [-0.15, -0.1) is 0 Å². The maximum atomic E-state index is 12.5. The summed E-state index contributed by atoms with van der Waals surface area (Å²) in [5.41, 5.74) is -0.655. The number of hydrogen-bond acceptors (Lipinski definition) is 4. The Morgan fingerprint density at radius 3 is 2.70 bits per heavy atom. The van der Waals surface area contributed by atoms with Crippen molar-refractivity contribution >= 4 is 27.6 Å². The van der Waals surface area contributed by atoms with E-state index < -0.39 is 21.5 Å². The summed E-state index contributed by atoms with van der Waals surface area (Å²) >= 11 is 5.61. The molecule has 0 saturated carbocycles. The zero-order valence-electron chi connectivity index (χ0n) is 11.2. The molecule has 2 rings (SSSR count). The van der Waals surface area contributed by atoms with E-state index >= 15 is 0 Å². The minimum atomic E-state index is -3.80. The third kappa shape index (κ3) is 2.84. The molecule has 0 amide bonds. The molecule has 1 aliphatic rings. The van der Waals surface area contributed by atoms with Crippen molar-refractivity contribution in [1.82, 2.24) is 4.31 Å². The average molecular weight is 322 g/mol. The van der Waals surface area contributed by atoms with Gasteiger partial charge in [-0.2, -0.15) is 4.31 Å². The third-order valence-corrected chi connectivity index (χ3v) is 5.60. The first-order chi connectivity index (χ1) is 9.13. The maximum absolute atomic E-state index is 12.5. The van der Waals surface area contributed by atoms with Gasteiger partial charge in [0.1, 0.15) is 0 Å². The Balaban J connectivity index is 2.29. The zero-order chi connectivity index (χ0) is 15.1. The summed E-state index contributed by atoms with van der Waals surface area (Å²) in [7, 11) is -3.80. The second-order valence-corrected chi connectivity index (χ2v) is 7.74. The van der Waals surface area contributed by atoms with Gasteiger partial charge in [0, 0.05) is 18.5 Å². The van der Waals surface area contributed by atoms with Gasteiger partial charge in [0.05, 0.1) is 0 Å². The molecule has 0 aliphatic carbocycles. The van der Waals surface area contributed by atoms with Crippen LogP contribution < -0.4 is 0 Å². The molecule has 1 unspecified atom stereocenters. The smallest absolute Gasteiger partial charge is 0.303 e. The van der Waals surface area contributed by atoms with Crippen LogP contribution in [-0.4, -0.2) is 35.9 Å². The van der Waals surface area contributed by atoms with Gasteiger partial charge in [0.25, 0.3) is 10.0 Å². The van der Waals surface area contributed by atoms with E-state index in [9.17, 15) is 13.2 Å². The molecule has 1 N–H and O–H groups in total. The number of halogens is 1. The third-order valence-electron chi connectivity index (χ3n) is 3.44. The highest BCUT2D eigenvalue weighted by atomic mass is 35.5. The van der Waals surface area contributed by atoms with Crippen molar-refractivity contribution < 1.29 is 22.7 Å². The number of sulfonamides is 1. The summed E-state index contributed by atoms with van der Waals surface area (Å²) < 4.78 is 31.3. The minimum Gasteiger partial charge on any atom is -0.481 e. The van der Waals surface area contributed by atoms with E-state index in [1.165, 1.54) is 16.4 Å². The van der Waals surface area contributed by atoms with Crippen molar-refractivity contribution in [2.75, 3.05) is 6.54 Å². The molecule has 1 saturated heterocycles. The van der Waals surface area contributed by atoms with Crippen LogP contribution >= 0.6 is 11.6 Å². The number of nitrogens with zero attached hydrogens (tertiary/aromatic N) is 1. The normalized spacial score (nSPS) is 23.1. The Morgan fingerprint density at radius 1 is 1.55 bits per heavy atom. The summed E-state index contributed by atoms with van der Waals surface area (Å²) in [5, 5.41) is 8.64. The molecule has 1 aromatic rings. The Kier molecular flexibility index (Phi) is 3.88. The Labute approximate surface area is 122 Å². The van der Waals surface area contributed by atoms with Crippen molar-refractivity contribution in [1.29, 1.82) is 0 Å². The van der Waals surface area contributed by atoms with Crippen molar-refractivity contribution in [3.05, 3.63) is 17.4 Å². The Hall–Kier alpha value is -1.05. The fourth-order valence-corrected chi connectivity index (χ4v) is 4.68. The zero-order valence-corrected chi connectivity index (χ0v) is 12.7. The lowest BCUT2D eigenvalue weighted by Gasteiger charge is -2.29. The van der Waals surface area contributed by atoms with Gasteiger partial charge < -0.3 is 9.52 Å². The van der Waals surface area contributed by atoms with Crippen molar-refractivity contribution in [3.8, 4) is 0 Å². The van der Waals surface area contributed by atoms with Crippen LogP contribution in [0.3, 0.4) is 0 Å². The molecule has 0 aromatic carbocycles. The molecule has 8 heteroatoms. The van der Waals surface area contributed by atoms with E-state index in [0.29, 0.717) is 6.42 Å². The predicted octanol–water partition coefficient (Wildman–Crippen LogP) is 2.20. The first kappa shape index (κ1) is 15.3. The topological polar surface area (TPSA) is 87.8 Å². The van der Waals surface area contributed by atoms with E-state index in [2.05, 4.69) is 0 Å². The number of hydrogen-bond donors (Lipinski definition) is 1. The SMILES string of the molecule is CC1(C)CC(CC(=O)O)CN1S(=O)(=O)c1ccc(Cl)o1. The number of carboxylic acids is 1. The highest BCUT2D eigenvalue weighted by molar-refractivity contribution is 7.89. The van der Waals surface area contributed by atoms with Gasteiger partial charge in [-0.1, -0.05) is 0 Å². The molecule has 1 aromatic heterocycles. The van der Waals surface area contributed by atoms with Gasteiger partial charge in [-0.05, 0) is 49.9 Å². The van der Waals surface area contributed by atoms with Crippen LogP contribution in [-0.2, 0) is 14.8 Å². The lowest BCUT2D eigenvalue weighted by molar-refractivity contribution is -0.138. The van der Waals surface area contributed by atoms with Gasteiger partial charge in [-0.3, -0.25) is 4.79 Å². The Bertz CT molecular complexity index is 622. The van der Waals surface area contributed by atoms with Crippen LogP contribution in [0.5, 0.6) is 0 Å². The van der Waals surface area contributed by atoms with Crippen LogP contribution in [0.15, 0.2) is 21.6 Å². The molecule has 20 heavy (non-hydrogen) atoms. The highest BCUT2D eigenvalue weighted by Gasteiger charge is 2.46. The van der Waals surface area contributed by atoms with Crippen LogP contribution in [0.1, 0.15) is 26.7 Å². The van der Waals surface area contributed by atoms with Gasteiger partial charge in [0.15, 0.2) is 5.22 Å². The van der Waals surface area contributed by atoms with E-state index in [1.807, 2.05) is 0 Å². The van der Waals surface area contributed by atoms with Crippen molar-refractivity contribution in [2.24, 2.45) is 5.92 Å². The van der Waals surface area contributed by atoms with Crippen LogP contribution in [0, 0.1) is 5.92 Å². The van der Waals surface area contributed by atoms with E-state index in [4.69, 9.17) is 21.1 Å². The molecule has 0 spiro atoms. The quantitative estimate of drug-likeness (QED) is 0.918. The first-order valence-corrected chi connectivity index (χ1v) is 7.95. The lowest BCUT2D eigenvalue weighted by Crippen LogP contribution is -2.42. The molecule has 112 valence electrons. The number of furan rings is 1. The van der Waals surface area contributed by atoms with Gasteiger partial charge in [0.2, 0.25) is 5.09 Å². The fraction of sp³-hybridized carbons (Fsp3) is 0.583. The molecule has 0 bridgehead atoms. The standard InChI is InChI=1S/C12H16ClNO5S/c1-12(2)6-8(5-10(15)16)7-14(12)20(17,18)11-4-3-9(13)19-11/h3-4,8H,5-7H2,1-2H3,(H,15,16). The van der Waals surface area contributed by atoms with Gasteiger partial charge >= 0.3 is 5.97 Å². The molecule has 1 atom stereocenters. The van der Waals surface area contributed by atoms with Crippen LogP contribution in [0.2, 0.25) is 5.22 Å². The van der Waals surface area contributed by atoms with E-state index in [0.717, 1.165) is 0 Å². The molecule has 2 heterocycles. The highest BCUT2D eigenvalue weighted by Crippen LogP contribution is 2.39. The summed E-state index contributed by atoms with van der Waals surface area (Å²) in [5.74, 6) is -1.13. The largest absolute Gasteiger partial charge is 0.481 e. The maximum Gasteiger partial charge on any atom is 0.303 e. The monoisotopic (exact) mass is 321 g/mol. The van der Waals surface area contributed by atoms with Gasteiger partial charge in [-0.25, -0.2) is 8.42 Å². The van der Waals surface area contributed by atoms with Crippen LogP contribution in [0.25, 0.3) is 0 Å². The Morgan fingerprint density at radius 2 is 2.20 bits per heavy atom. The summed E-state index contributed by atoms with van der Waals surface area (Å²) in [4.78, 5) is 10.8. The number of rotatable bonds is 4. The number of aliphatic carboxylic acids is 1. The molecule has 6 nitrogen and oxygen atoms in total. The molecule has 1 aliphatic heterocycles. The fourth-order valence-electron chi connectivity index (χ4n) is 2.71. The first-order valence-electron chi connectivity index (χ1n) is 6.13. The van der Waals surface area contributed by atoms with Crippen LogP contribution in [0.4, 0.5) is 0 Å². The average Bonchev–Trinajstić information content (AvgIpc) is 2.82. The lowest BCUT2D eigenvalue weighted by atomic mass is 9.95. The minimum absolute atomic E-state index is 0.00247. The number of carbonyl (C=O) groups is 1. The van der Waals surface area contributed by atoms with E-state index in [-0.39, 0.29) is 29.2 Å². The second-order valence-electron chi connectivity index (χ2n) is 5.58. The molecule has 0 radical (unpaired) electrons. The molecular formula is C12H16ClNO5S. The second kappa shape index (κ2) is 5.05. The van der Waals surface area contributed by atoms with Crippen molar-refractivity contribution in [3.63, 3.8) is 0 Å². The molecular weight excluding hydrogens is 306 g/mol. The van der Waals surface area contributed by atoms with E-state index in [1.54, 1.807) is 13.8 Å². The summed E-state index contributed by atoms with van der Waals surface area (Å²) in [6.07, 6.45) is 0.446. The predicted molar refractivity (Wildman–Crippen MR) is 72.0 cm³/mol. The molecule has 1 fully saturated rings. The summed E-state index contributed by atoms with van der Waals surface area (Å²) in [6, 6.07) is 2.67. The number of carboxylic acid groups (broad SMARTS) is 1. The summed E-state index contributed by atoms with van der Waals surface area (Å²) in [6.45, 7) is 3.72. The van der Waals surface area contributed by atoms with Crippen molar-refractivity contribution in [2.45, 2.75) is 37.3 Å².